The van der Waals surface area contributed by atoms with Gasteiger partial charge in [-0.1, -0.05) is 30.7 Å². The van der Waals surface area contributed by atoms with Gasteiger partial charge in [0.2, 0.25) is 0 Å². The van der Waals surface area contributed by atoms with Gasteiger partial charge in [-0.05, 0) is 50.7 Å². The molecule has 0 heterocycles. The highest BCUT2D eigenvalue weighted by atomic mass is 16.1. The number of allylic oxidation sites excluding steroid dienone is 6. The predicted molar refractivity (Wildman–Crippen MR) is 69.3 cm³/mol. The molecule has 16 heavy (non-hydrogen) atoms. The average molecular weight is 218 g/mol. The van der Waals surface area contributed by atoms with Crippen molar-refractivity contribution in [2.24, 2.45) is 5.41 Å². The van der Waals surface area contributed by atoms with Gasteiger partial charge in [0.25, 0.3) is 0 Å². The lowest BCUT2D eigenvalue weighted by Crippen LogP contribution is -2.16. The zero-order valence-electron chi connectivity index (χ0n) is 10.8. The van der Waals surface area contributed by atoms with Crippen LogP contribution in [0.15, 0.2) is 35.5 Å². The third-order valence-electron chi connectivity index (χ3n) is 2.98. The zero-order chi connectivity index (χ0) is 12.2. The van der Waals surface area contributed by atoms with Crippen molar-refractivity contribution in [2.45, 2.75) is 47.0 Å². The fourth-order valence-electron chi connectivity index (χ4n) is 2.00. The largest absolute Gasteiger partial charge is 0.295 e. The van der Waals surface area contributed by atoms with E-state index in [-0.39, 0.29) is 11.2 Å². The summed E-state index contributed by atoms with van der Waals surface area (Å²) in [5, 5.41) is 0. The molecule has 0 amide bonds. The summed E-state index contributed by atoms with van der Waals surface area (Å²) in [7, 11) is 0. The van der Waals surface area contributed by atoms with Gasteiger partial charge in [-0.25, -0.2) is 0 Å². The lowest BCUT2D eigenvalue weighted by atomic mass is 9.81. The fourth-order valence-corrected chi connectivity index (χ4v) is 2.00. The second kappa shape index (κ2) is 5.29. The Morgan fingerprint density at radius 2 is 2.19 bits per heavy atom. The summed E-state index contributed by atoms with van der Waals surface area (Å²) in [6.45, 7) is 8.38. The summed E-state index contributed by atoms with van der Waals surface area (Å²) in [4.78, 5) is 11.7. The molecular weight excluding hydrogens is 196 g/mol. The van der Waals surface area contributed by atoms with Crippen molar-refractivity contribution in [1.82, 2.24) is 0 Å². The van der Waals surface area contributed by atoms with E-state index in [2.05, 4.69) is 39.0 Å². The SMILES string of the molecule is CC(C)=CCC[C@@]1(C)C=CC(C)=CC(=O)C1. The molecule has 1 rings (SSSR count). The number of hydrogen-bond acceptors (Lipinski definition) is 1. The maximum Gasteiger partial charge on any atom is 0.156 e. The molecule has 1 nitrogen and oxygen atoms in total. The van der Waals surface area contributed by atoms with Crippen LogP contribution < -0.4 is 0 Å². The first-order valence-electron chi connectivity index (χ1n) is 5.95. The summed E-state index contributed by atoms with van der Waals surface area (Å²) in [5.74, 6) is 0.252. The van der Waals surface area contributed by atoms with Gasteiger partial charge in [-0.2, -0.15) is 0 Å². The van der Waals surface area contributed by atoms with Gasteiger partial charge in [0.15, 0.2) is 5.78 Å². The highest BCUT2D eigenvalue weighted by molar-refractivity contribution is 5.91. The van der Waals surface area contributed by atoms with Crippen molar-refractivity contribution in [3.63, 3.8) is 0 Å². The van der Waals surface area contributed by atoms with Crippen LogP contribution in [0.2, 0.25) is 0 Å². The Morgan fingerprint density at radius 1 is 1.50 bits per heavy atom. The van der Waals surface area contributed by atoms with Crippen molar-refractivity contribution in [3.8, 4) is 0 Å². The zero-order valence-corrected chi connectivity index (χ0v) is 10.8. The van der Waals surface area contributed by atoms with E-state index in [0.717, 1.165) is 18.4 Å². The topological polar surface area (TPSA) is 17.1 Å². The molecule has 88 valence electrons. The molecule has 0 unspecified atom stereocenters. The Hall–Kier alpha value is -1.11. The molecule has 0 N–H and O–H groups in total. The summed E-state index contributed by atoms with van der Waals surface area (Å²) >= 11 is 0. The minimum Gasteiger partial charge on any atom is -0.295 e. The second-order valence-corrected chi connectivity index (χ2v) is 5.34. The molecular formula is C15H22O. The van der Waals surface area contributed by atoms with E-state index in [9.17, 15) is 4.79 Å². The Labute approximate surface area is 98.9 Å². The third kappa shape index (κ3) is 4.18. The summed E-state index contributed by atoms with van der Waals surface area (Å²) in [6, 6.07) is 0. The van der Waals surface area contributed by atoms with Gasteiger partial charge in [-0.15, -0.1) is 0 Å². The van der Waals surface area contributed by atoms with Crippen LogP contribution >= 0.6 is 0 Å². The number of rotatable bonds is 3. The third-order valence-corrected chi connectivity index (χ3v) is 2.98. The molecule has 1 aliphatic carbocycles. The van der Waals surface area contributed by atoms with Crippen molar-refractivity contribution in [2.75, 3.05) is 0 Å². The molecule has 1 aliphatic rings. The van der Waals surface area contributed by atoms with E-state index >= 15 is 0 Å². The van der Waals surface area contributed by atoms with E-state index in [4.69, 9.17) is 0 Å². The summed E-state index contributed by atoms with van der Waals surface area (Å²) < 4.78 is 0. The molecule has 0 spiro atoms. The van der Waals surface area contributed by atoms with Crippen LogP contribution in [0.3, 0.4) is 0 Å². The lowest BCUT2D eigenvalue weighted by molar-refractivity contribution is -0.116. The van der Waals surface area contributed by atoms with Gasteiger partial charge in [0.1, 0.15) is 0 Å². The van der Waals surface area contributed by atoms with Gasteiger partial charge >= 0.3 is 0 Å². The Balaban J connectivity index is 2.67. The van der Waals surface area contributed by atoms with E-state index < -0.39 is 0 Å². The van der Waals surface area contributed by atoms with Crippen LogP contribution in [0.1, 0.15) is 47.0 Å². The molecule has 0 radical (unpaired) electrons. The van der Waals surface area contributed by atoms with E-state index in [1.165, 1.54) is 5.57 Å². The highest BCUT2D eigenvalue weighted by Crippen LogP contribution is 2.32. The number of ketones is 1. The molecule has 0 bridgehead atoms. The van der Waals surface area contributed by atoms with Crippen LogP contribution in [-0.4, -0.2) is 5.78 Å². The van der Waals surface area contributed by atoms with Crippen LogP contribution in [0, 0.1) is 5.41 Å². The Bertz CT molecular complexity index is 354. The standard InChI is InChI=1S/C15H22O/c1-12(2)6-5-8-15(4)9-7-13(3)10-14(16)11-15/h6-7,9-10H,5,8,11H2,1-4H3/t15-/m0/s1. The minimum atomic E-state index is 0.0251. The summed E-state index contributed by atoms with van der Waals surface area (Å²) in [5.41, 5.74) is 2.44. The average Bonchev–Trinajstić information content (AvgIpc) is 2.25. The molecule has 0 aromatic carbocycles. The van der Waals surface area contributed by atoms with E-state index in [0.29, 0.717) is 6.42 Å². The van der Waals surface area contributed by atoms with Gasteiger partial charge in [-0.3, -0.25) is 4.79 Å². The Kier molecular flexibility index (Phi) is 4.28. The molecule has 0 aromatic rings. The Morgan fingerprint density at radius 3 is 2.81 bits per heavy atom. The van der Waals surface area contributed by atoms with Crippen molar-refractivity contribution in [3.05, 3.63) is 35.5 Å². The molecule has 1 heteroatoms. The van der Waals surface area contributed by atoms with Crippen LogP contribution in [0.25, 0.3) is 0 Å². The number of carbonyl (C=O) groups excluding carboxylic acids is 1. The quantitative estimate of drug-likeness (QED) is 0.648. The first-order valence-corrected chi connectivity index (χ1v) is 5.95. The first-order chi connectivity index (χ1) is 7.41. The van der Waals surface area contributed by atoms with Crippen molar-refractivity contribution >= 4 is 5.78 Å². The molecule has 1 atom stereocenters. The number of hydrogen-bond donors (Lipinski definition) is 0. The van der Waals surface area contributed by atoms with Crippen molar-refractivity contribution in [1.29, 1.82) is 0 Å². The van der Waals surface area contributed by atoms with Crippen molar-refractivity contribution < 1.29 is 4.79 Å². The van der Waals surface area contributed by atoms with Gasteiger partial charge in [0, 0.05) is 6.42 Å². The first kappa shape index (κ1) is 13.0. The number of carbonyl (C=O) groups is 1. The lowest BCUT2D eigenvalue weighted by Gasteiger charge is -2.23. The molecule has 0 saturated heterocycles. The maximum absolute atomic E-state index is 11.7. The smallest absolute Gasteiger partial charge is 0.156 e. The highest BCUT2D eigenvalue weighted by Gasteiger charge is 2.24. The minimum absolute atomic E-state index is 0.0251. The monoisotopic (exact) mass is 218 g/mol. The predicted octanol–water partition coefficient (Wildman–Crippen LogP) is 4.21. The molecule has 0 saturated carbocycles. The van der Waals surface area contributed by atoms with Gasteiger partial charge < -0.3 is 0 Å². The normalized spacial score (nSPS) is 25.0. The molecule has 0 aromatic heterocycles. The van der Waals surface area contributed by atoms with Gasteiger partial charge in [0.05, 0.1) is 0 Å². The molecule has 0 aliphatic heterocycles. The van der Waals surface area contributed by atoms with Crippen LogP contribution in [0.4, 0.5) is 0 Å². The fraction of sp³-hybridized carbons (Fsp3) is 0.533. The van der Waals surface area contributed by atoms with E-state index in [1.807, 2.05) is 6.92 Å². The second-order valence-electron chi connectivity index (χ2n) is 5.34. The summed E-state index contributed by atoms with van der Waals surface area (Å²) in [6.07, 6.45) is 11.0. The van der Waals surface area contributed by atoms with Crippen LogP contribution in [0.5, 0.6) is 0 Å². The molecule has 0 fully saturated rings. The van der Waals surface area contributed by atoms with E-state index in [1.54, 1.807) is 6.08 Å². The maximum atomic E-state index is 11.7. The van der Waals surface area contributed by atoms with Crippen LogP contribution in [-0.2, 0) is 4.79 Å².